The van der Waals surface area contributed by atoms with Crippen LogP contribution < -0.4 is 11.1 Å². The van der Waals surface area contributed by atoms with Gasteiger partial charge in [0.1, 0.15) is 6.04 Å². The first-order chi connectivity index (χ1) is 13.1. The minimum absolute atomic E-state index is 0.120. The molecule has 3 N–H and O–H groups in total. The van der Waals surface area contributed by atoms with E-state index in [9.17, 15) is 9.59 Å². The molecular formula is C20H20N4O3. The standard InChI is InChI=1S/C20H20N4O3/c21-19(26)16(13-14-7-3-1-4-8-14)22-17(25)11-12-18-23-20(24-27-18)15-9-5-2-6-10-15/h1-10,16H,11-13H2,(H2,21,26)(H,22,25)/t16-/m0/s1. The Morgan fingerprint density at radius 1 is 1.04 bits per heavy atom. The fourth-order valence-electron chi connectivity index (χ4n) is 2.62. The molecule has 0 saturated carbocycles. The molecule has 1 heterocycles. The third-order valence-electron chi connectivity index (χ3n) is 4.03. The predicted molar refractivity (Wildman–Crippen MR) is 99.3 cm³/mol. The summed E-state index contributed by atoms with van der Waals surface area (Å²) in [4.78, 5) is 28.1. The van der Waals surface area contributed by atoms with E-state index in [0.717, 1.165) is 11.1 Å². The number of carbonyl (C=O) groups excluding carboxylic acids is 2. The highest BCUT2D eigenvalue weighted by molar-refractivity contribution is 5.86. The molecule has 3 aromatic rings. The van der Waals surface area contributed by atoms with Crippen molar-refractivity contribution < 1.29 is 14.1 Å². The number of aryl methyl sites for hydroxylation is 1. The van der Waals surface area contributed by atoms with Crippen LogP contribution in [-0.2, 0) is 22.4 Å². The van der Waals surface area contributed by atoms with Gasteiger partial charge in [-0.25, -0.2) is 0 Å². The molecule has 7 nitrogen and oxygen atoms in total. The summed E-state index contributed by atoms with van der Waals surface area (Å²) in [5.41, 5.74) is 7.18. The normalized spacial score (nSPS) is 11.7. The van der Waals surface area contributed by atoms with Crippen LogP contribution in [-0.4, -0.2) is 28.0 Å². The highest BCUT2D eigenvalue weighted by Gasteiger charge is 2.19. The largest absolute Gasteiger partial charge is 0.368 e. The van der Waals surface area contributed by atoms with Crippen LogP contribution in [0.5, 0.6) is 0 Å². The minimum atomic E-state index is -0.762. The summed E-state index contributed by atoms with van der Waals surface area (Å²) in [6.07, 6.45) is 0.748. The Bertz CT molecular complexity index is 894. The quantitative estimate of drug-likeness (QED) is 0.634. The second kappa shape index (κ2) is 8.75. The van der Waals surface area contributed by atoms with Gasteiger partial charge in [-0.2, -0.15) is 4.98 Å². The summed E-state index contributed by atoms with van der Waals surface area (Å²) in [6, 6.07) is 18.1. The number of amides is 2. The molecule has 0 unspecified atom stereocenters. The van der Waals surface area contributed by atoms with E-state index in [1.807, 2.05) is 60.7 Å². The molecule has 27 heavy (non-hydrogen) atoms. The fraction of sp³-hybridized carbons (Fsp3) is 0.200. The van der Waals surface area contributed by atoms with Crippen molar-refractivity contribution in [2.75, 3.05) is 0 Å². The molecule has 1 atom stereocenters. The van der Waals surface area contributed by atoms with Crippen molar-refractivity contribution in [1.82, 2.24) is 15.5 Å². The first kappa shape index (κ1) is 18.3. The third-order valence-corrected chi connectivity index (χ3v) is 4.03. The van der Waals surface area contributed by atoms with Gasteiger partial charge >= 0.3 is 0 Å². The zero-order valence-corrected chi connectivity index (χ0v) is 14.7. The summed E-state index contributed by atoms with van der Waals surface area (Å²) >= 11 is 0. The van der Waals surface area contributed by atoms with Crippen LogP contribution in [0.2, 0.25) is 0 Å². The van der Waals surface area contributed by atoms with E-state index in [1.165, 1.54) is 0 Å². The number of nitrogens with zero attached hydrogens (tertiary/aromatic N) is 2. The van der Waals surface area contributed by atoms with Crippen LogP contribution >= 0.6 is 0 Å². The smallest absolute Gasteiger partial charge is 0.240 e. The second-order valence-electron chi connectivity index (χ2n) is 6.09. The van der Waals surface area contributed by atoms with Crippen LogP contribution in [0, 0.1) is 0 Å². The highest BCUT2D eigenvalue weighted by atomic mass is 16.5. The van der Waals surface area contributed by atoms with Crippen LogP contribution in [0.4, 0.5) is 0 Å². The Labute approximate surface area is 156 Å². The molecule has 0 radical (unpaired) electrons. The lowest BCUT2D eigenvalue weighted by Crippen LogP contribution is -2.45. The van der Waals surface area contributed by atoms with Crippen molar-refractivity contribution in [3.05, 3.63) is 72.1 Å². The SMILES string of the molecule is NC(=O)[C@H](Cc1ccccc1)NC(=O)CCc1nc(-c2ccccc2)no1. The van der Waals surface area contributed by atoms with Crippen molar-refractivity contribution in [2.24, 2.45) is 5.73 Å². The molecule has 0 fully saturated rings. The van der Waals surface area contributed by atoms with Gasteiger partial charge in [-0.15, -0.1) is 0 Å². The van der Waals surface area contributed by atoms with Gasteiger partial charge in [0.2, 0.25) is 23.5 Å². The number of hydrogen-bond acceptors (Lipinski definition) is 5. The van der Waals surface area contributed by atoms with Crippen molar-refractivity contribution >= 4 is 11.8 Å². The third kappa shape index (κ3) is 5.24. The molecular weight excluding hydrogens is 344 g/mol. The lowest BCUT2D eigenvalue weighted by atomic mass is 10.1. The number of hydrogen-bond donors (Lipinski definition) is 2. The maximum atomic E-state index is 12.2. The summed E-state index contributed by atoms with van der Waals surface area (Å²) < 4.78 is 5.18. The monoisotopic (exact) mass is 364 g/mol. The Morgan fingerprint density at radius 3 is 2.37 bits per heavy atom. The van der Waals surface area contributed by atoms with Gasteiger partial charge in [-0.05, 0) is 5.56 Å². The molecule has 0 aliphatic carbocycles. The molecule has 3 rings (SSSR count). The Hall–Kier alpha value is -3.48. The molecule has 0 saturated heterocycles. The maximum absolute atomic E-state index is 12.2. The minimum Gasteiger partial charge on any atom is -0.368 e. The van der Waals surface area contributed by atoms with E-state index in [-0.39, 0.29) is 18.7 Å². The van der Waals surface area contributed by atoms with Crippen LogP contribution in [0.15, 0.2) is 65.2 Å². The van der Waals surface area contributed by atoms with E-state index >= 15 is 0 Å². The first-order valence-corrected chi connectivity index (χ1v) is 8.62. The van der Waals surface area contributed by atoms with Gasteiger partial charge in [0.05, 0.1) is 0 Å². The Morgan fingerprint density at radius 2 is 1.70 bits per heavy atom. The zero-order valence-electron chi connectivity index (χ0n) is 14.7. The van der Waals surface area contributed by atoms with E-state index < -0.39 is 11.9 Å². The summed E-state index contributed by atoms with van der Waals surface area (Å²) in [7, 11) is 0. The molecule has 0 aliphatic rings. The van der Waals surface area contributed by atoms with Gasteiger partial charge in [0.15, 0.2) is 0 Å². The van der Waals surface area contributed by atoms with Crippen LogP contribution in [0.1, 0.15) is 17.9 Å². The average molecular weight is 364 g/mol. The molecule has 2 aromatic carbocycles. The van der Waals surface area contributed by atoms with Crippen LogP contribution in [0.3, 0.4) is 0 Å². The number of benzene rings is 2. The molecule has 7 heteroatoms. The van der Waals surface area contributed by atoms with Crippen LogP contribution in [0.25, 0.3) is 11.4 Å². The number of primary amides is 1. The van der Waals surface area contributed by atoms with Crippen molar-refractivity contribution in [3.8, 4) is 11.4 Å². The van der Waals surface area contributed by atoms with Gasteiger partial charge < -0.3 is 15.6 Å². The predicted octanol–water partition coefficient (Wildman–Crippen LogP) is 1.88. The average Bonchev–Trinajstić information content (AvgIpc) is 3.16. The zero-order chi connectivity index (χ0) is 19.1. The number of nitrogens with one attached hydrogen (secondary N) is 1. The lowest BCUT2D eigenvalue weighted by molar-refractivity contribution is -0.127. The summed E-state index contributed by atoms with van der Waals surface area (Å²) in [5, 5.41) is 6.59. The molecule has 2 amide bonds. The van der Waals surface area contributed by atoms with Crippen molar-refractivity contribution in [3.63, 3.8) is 0 Å². The Kier molecular flexibility index (Phi) is 5.94. The summed E-state index contributed by atoms with van der Waals surface area (Å²) in [6.45, 7) is 0. The Balaban J connectivity index is 1.54. The molecule has 138 valence electrons. The molecule has 0 aliphatic heterocycles. The number of aromatic nitrogens is 2. The van der Waals surface area contributed by atoms with Crippen molar-refractivity contribution in [1.29, 1.82) is 0 Å². The highest BCUT2D eigenvalue weighted by Crippen LogP contribution is 2.15. The van der Waals surface area contributed by atoms with E-state index in [0.29, 0.717) is 18.1 Å². The van der Waals surface area contributed by atoms with Gasteiger partial charge in [-0.3, -0.25) is 9.59 Å². The van der Waals surface area contributed by atoms with Gasteiger partial charge in [0, 0.05) is 24.8 Å². The number of nitrogens with two attached hydrogens (primary N) is 1. The van der Waals surface area contributed by atoms with Gasteiger partial charge in [-0.1, -0.05) is 65.8 Å². The van der Waals surface area contributed by atoms with E-state index in [4.69, 9.17) is 10.3 Å². The van der Waals surface area contributed by atoms with Crippen molar-refractivity contribution in [2.45, 2.75) is 25.3 Å². The first-order valence-electron chi connectivity index (χ1n) is 8.62. The number of carbonyl (C=O) groups is 2. The maximum Gasteiger partial charge on any atom is 0.240 e. The topological polar surface area (TPSA) is 111 Å². The molecule has 1 aromatic heterocycles. The molecule has 0 spiro atoms. The second-order valence-corrected chi connectivity index (χ2v) is 6.09. The fourth-order valence-corrected chi connectivity index (χ4v) is 2.62. The summed E-state index contributed by atoms with van der Waals surface area (Å²) in [5.74, 6) is -0.0293. The van der Waals surface area contributed by atoms with E-state index in [1.54, 1.807) is 0 Å². The lowest BCUT2D eigenvalue weighted by Gasteiger charge is -2.15. The van der Waals surface area contributed by atoms with E-state index in [2.05, 4.69) is 15.5 Å². The molecule has 0 bridgehead atoms. The number of rotatable bonds is 8. The van der Waals surface area contributed by atoms with Gasteiger partial charge in [0.25, 0.3) is 0 Å².